The molecule has 5 rings (SSSR count). The number of hydrogen-bond donors (Lipinski definition) is 2. The van der Waals surface area contributed by atoms with Gasteiger partial charge in [0.15, 0.2) is 12.3 Å². The number of hydrogen-bond acceptors (Lipinski definition) is 3. The smallest absolute Gasteiger partial charge is 0.279 e. The summed E-state index contributed by atoms with van der Waals surface area (Å²) in [6.45, 7) is 2.65. The topological polar surface area (TPSA) is 72.6 Å². The van der Waals surface area contributed by atoms with Gasteiger partial charge >= 0.3 is 0 Å². The Morgan fingerprint density at radius 2 is 1.88 bits per heavy atom. The number of ketones is 1. The lowest BCUT2D eigenvalue weighted by Gasteiger charge is -2.40. The number of carbonyl (C=O) groups excluding carboxylic acids is 2. The summed E-state index contributed by atoms with van der Waals surface area (Å²) in [6.07, 6.45) is 1.05. The number of amides is 1. The van der Waals surface area contributed by atoms with E-state index in [1.165, 1.54) is 4.90 Å². The van der Waals surface area contributed by atoms with Crippen LogP contribution in [-0.4, -0.2) is 35.9 Å². The first-order valence-corrected chi connectivity index (χ1v) is 12.5. The number of quaternary nitrogens is 1. The maximum atomic E-state index is 13.2. The van der Waals surface area contributed by atoms with Gasteiger partial charge in [-0.2, -0.15) is 0 Å². The van der Waals surface area contributed by atoms with E-state index in [-0.39, 0.29) is 23.2 Å². The van der Waals surface area contributed by atoms with Crippen LogP contribution in [0.3, 0.4) is 0 Å². The molecular weight excluding hydrogens is 518 g/mol. The zero-order valence-corrected chi connectivity index (χ0v) is 20.7. The summed E-state index contributed by atoms with van der Waals surface area (Å²) in [6, 6.07) is 17.6. The van der Waals surface area contributed by atoms with E-state index in [0.29, 0.717) is 45.3 Å². The number of carbonyl (C=O) groups is 2. The fraction of sp³-hybridized carbons (Fsp3) is 0.269. The van der Waals surface area contributed by atoms with Crippen LogP contribution in [-0.2, 0) is 11.3 Å². The van der Waals surface area contributed by atoms with Gasteiger partial charge in [-0.1, -0.05) is 45.7 Å². The molecule has 6 nitrogen and oxygen atoms in total. The van der Waals surface area contributed by atoms with Crippen LogP contribution >= 0.6 is 27.5 Å². The lowest BCUT2D eigenvalue weighted by Crippen LogP contribution is -3.15. The summed E-state index contributed by atoms with van der Waals surface area (Å²) in [5, 5.41) is 3.37. The van der Waals surface area contributed by atoms with Crippen LogP contribution in [0, 0.1) is 5.92 Å². The largest absolute Gasteiger partial charge is 0.326 e. The number of nitrogens with zero attached hydrogens (tertiary/aromatic N) is 1. The fourth-order valence-electron chi connectivity index (χ4n) is 5.29. The Bertz CT molecular complexity index is 1340. The first kappa shape index (κ1) is 23.0. The van der Waals surface area contributed by atoms with Gasteiger partial charge in [-0.3, -0.25) is 14.4 Å². The minimum absolute atomic E-state index is 0.0541. The molecule has 1 aromatic heterocycles. The monoisotopic (exact) mass is 540 g/mol. The molecular formula is C26H24BrClN3O3+. The summed E-state index contributed by atoms with van der Waals surface area (Å²) in [4.78, 5) is 39.7. The van der Waals surface area contributed by atoms with Gasteiger partial charge in [0.2, 0.25) is 0 Å². The minimum Gasteiger partial charge on any atom is -0.326 e. The van der Waals surface area contributed by atoms with Crippen LogP contribution < -0.4 is 15.8 Å². The maximum absolute atomic E-state index is 13.2. The molecule has 8 heteroatoms. The van der Waals surface area contributed by atoms with E-state index in [1.807, 2.05) is 22.8 Å². The average Bonchev–Trinajstić information content (AvgIpc) is 2.81. The lowest BCUT2D eigenvalue weighted by atomic mass is 9.83. The van der Waals surface area contributed by atoms with Crippen LogP contribution in [0.4, 0.5) is 5.69 Å². The minimum atomic E-state index is -0.216. The van der Waals surface area contributed by atoms with E-state index in [1.54, 1.807) is 42.5 Å². The number of pyridine rings is 1. The predicted octanol–water partition coefficient (Wildman–Crippen LogP) is 3.14. The molecule has 0 aliphatic carbocycles. The van der Waals surface area contributed by atoms with Crippen LogP contribution in [0.25, 0.3) is 0 Å². The third-order valence-electron chi connectivity index (χ3n) is 6.70. The summed E-state index contributed by atoms with van der Waals surface area (Å²) in [5.74, 6) is 0.278. The van der Waals surface area contributed by atoms with Crippen molar-refractivity contribution in [3.8, 4) is 0 Å². The second-order valence-corrected chi connectivity index (χ2v) is 10.4. The van der Waals surface area contributed by atoms with Crippen molar-refractivity contribution in [3.63, 3.8) is 0 Å². The molecule has 2 N–H and O–H groups in total. The lowest BCUT2D eigenvalue weighted by molar-refractivity contribution is -0.903. The van der Waals surface area contributed by atoms with E-state index in [0.717, 1.165) is 25.2 Å². The number of aromatic nitrogens is 1. The van der Waals surface area contributed by atoms with E-state index in [2.05, 4.69) is 21.2 Å². The molecule has 0 spiro atoms. The van der Waals surface area contributed by atoms with Crippen molar-refractivity contribution < 1.29 is 14.5 Å². The normalized spacial score (nSPS) is 20.9. The number of nitrogens with one attached hydrogen (secondary N) is 2. The number of fused-ring (bicyclic) bond motifs is 4. The van der Waals surface area contributed by atoms with Gasteiger partial charge in [-0.15, -0.1) is 0 Å². The molecule has 0 radical (unpaired) electrons. The highest BCUT2D eigenvalue weighted by molar-refractivity contribution is 9.10. The van der Waals surface area contributed by atoms with Crippen LogP contribution in [0.15, 0.2) is 69.9 Å². The van der Waals surface area contributed by atoms with Gasteiger partial charge in [-0.05, 0) is 42.8 Å². The quantitative estimate of drug-likeness (QED) is 0.488. The number of rotatable bonds is 5. The summed E-state index contributed by atoms with van der Waals surface area (Å²) >= 11 is 9.61. The molecule has 1 saturated heterocycles. The zero-order chi connectivity index (χ0) is 23.8. The van der Waals surface area contributed by atoms with Gasteiger partial charge in [0.05, 0.1) is 18.8 Å². The van der Waals surface area contributed by atoms with Crippen molar-refractivity contribution >= 4 is 44.9 Å². The van der Waals surface area contributed by atoms with Crippen LogP contribution in [0.2, 0.25) is 5.02 Å². The Morgan fingerprint density at radius 3 is 2.71 bits per heavy atom. The van der Waals surface area contributed by atoms with E-state index >= 15 is 0 Å². The van der Waals surface area contributed by atoms with Gasteiger partial charge in [0.1, 0.15) is 0 Å². The van der Waals surface area contributed by atoms with Gasteiger partial charge < -0.3 is 14.8 Å². The molecule has 34 heavy (non-hydrogen) atoms. The summed E-state index contributed by atoms with van der Waals surface area (Å²) < 4.78 is 2.57. The average molecular weight is 542 g/mol. The molecule has 3 atom stereocenters. The second-order valence-electron chi connectivity index (χ2n) is 9.08. The third kappa shape index (κ3) is 4.60. The standard InChI is InChI=1S/C26H23BrClN3O3/c27-21-5-2-1-4-19(21)26(34)20-11-18(28)8-9-22(20)29-24(32)15-30-12-16-10-17(14-30)23-6-3-7-25(33)31(23)13-16/h1-9,11,16-17H,10,12-15H2,(H,29,32)/p+1. The molecule has 2 bridgehead atoms. The van der Waals surface area contributed by atoms with E-state index in [4.69, 9.17) is 11.6 Å². The number of benzene rings is 2. The highest BCUT2D eigenvalue weighted by Crippen LogP contribution is 2.30. The molecule has 2 aliphatic heterocycles. The molecule has 2 aliphatic rings. The highest BCUT2D eigenvalue weighted by atomic mass is 79.9. The van der Waals surface area contributed by atoms with Crippen molar-refractivity contribution in [2.24, 2.45) is 5.92 Å². The van der Waals surface area contributed by atoms with Crippen molar-refractivity contribution in [1.82, 2.24) is 4.57 Å². The predicted molar refractivity (Wildman–Crippen MR) is 135 cm³/mol. The third-order valence-corrected chi connectivity index (χ3v) is 7.63. The molecule has 3 unspecified atom stereocenters. The molecule has 2 aromatic carbocycles. The number of piperidine rings is 1. The Kier molecular flexibility index (Phi) is 6.42. The molecule has 1 fully saturated rings. The number of anilines is 1. The zero-order valence-electron chi connectivity index (χ0n) is 18.4. The Hall–Kier alpha value is -2.74. The van der Waals surface area contributed by atoms with Crippen molar-refractivity contribution in [2.75, 3.05) is 25.0 Å². The van der Waals surface area contributed by atoms with E-state index in [9.17, 15) is 14.4 Å². The van der Waals surface area contributed by atoms with Gasteiger partial charge in [0, 0.05) is 50.8 Å². The highest BCUT2D eigenvalue weighted by Gasteiger charge is 2.37. The molecule has 3 heterocycles. The van der Waals surface area contributed by atoms with Crippen molar-refractivity contribution in [1.29, 1.82) is 0 Å². The Morgan fingerprint density at radius 1 is 1.06 bits per heavy atom. The Labute approximate surface area is 210 Å². The number of likely N-dealkylation sites (tertiary alicyclic amines) is 1. The molecule has 1 amide bonds. The van der Waals surface area contributed by atoms with E-state index < -0.39 is 0 Å². The van der Waals surface area contributed by atoms with Crippen LogP contribution in [0.5, 0.6) is 0 Å². The first-order valence-electron chi connectivity index (χ1n) is 11.3. The summed E-state index contributed by atoms with van der Waals surface area (Å²) in [5.41, 5.74) is 2.43. The van der Waals surface area contributed by atoms with Crippen molar-refractivity contribution in [3.05, 3.63) is 97.3 Å². The Balaban J connectivity index is 1.32. The first-order chi connectivity index (χ1) is 16.4. The second kappa shape index (κ2) is 9.49. The maximum Gasteiger partial charge on any atom is 0.279 e. The van der Waals surface area contributed by atoms with Crippen molar-refractivity contribution in [2.45, 2.75) is 18.9 Å². The molecule has 0 saturated carbocycles. The SMILES string of the molecule is O=C(C[NH+]1CC2CC(C1)c1cccc(=O)n1C2)Nc1ccc(Cl)cc1C(=O)c1ccccc1Br. The number of halogens is 2. The van der Waals surface area contributed by atoms with Gasteiger partial charge in [0.25, 0.3) is 11.5 Å². The molecule has 174 valence electrons. The van der Waals surface area contributed by atoms with Crippen LogP contribution in [0.1, 0.15) is 34.0 Å². The van der Waals surface area contributed by atoms with Gasteiger partial charge in [-0.25, -0.2) is 0 Å². The fourth-order valence-corrected chi connectivity index (χ4v) is 5.93. The molecule has 3 aromatic rings. The summed E-state index contributed by atoms with van der Waals surface area (Å²) in [7, 11) is 0.